The summed E-state index contributed by atoms with van der Waals surface area (Å²) in [5, 5.41) is 0. The molecule has 0 amide bonds. The lowest BCUT2D eigenvalue weighted by atomic mass is 10.2. The van der Waals surface area contributed by atoms with E-state index in [1.54, 1.807) is 12.4 Å². The van der Waals surface area contributed by atoms with E-state index in [2.05, 4.69) is 9.97 Å². The topological polar surface area (TPSA) is 61.0 Å². The standard InChI is InChI=1S/C10H17N3O/c1-7(2)14-10(4-11)9-5-12-8(3)13-6-9/h5-7,10H,4,11H2,1-3H3/t10-/m1/s1. The summed E-state index contributed by atoms with van der Waals surface area (Å²) in [5.41, 5.74) is 6.55. The van der Waals surface area contributed by atoms with Crippen molar-refractivity contribution in [2.45, 2.75) is 33.0 Å². The van der Waals surface area contributed by atoms with Crippen molar-refractivity contribution in [3.05, 3.63) is 23.8 Å². The van der Waals surface area contributed by atoms with Crippen molar-refractivity contribution in [1.29, 1.82) is 0 Å². The van der Waals surface area contributed by atoms with Crippen LogP contribution < -0.4 is 5.73 Å². The Balaban J connectivity index is 2.73. The van der Waals surface area contributed by atoms with Crippen molar-refractivity contribution in [2.75, 3.05) is 6.54 Å². The highest BCUT2D eigenvalue weighted by Crippen LogP contribution is 2.15. The number of nitrogens with zero attached hydrogens (tertiary/aromatic N) is 2. The Hall–Kier alpha value is -1.00. The molecule has 1 rings (SSSR count). The summed E-state index contributed by atoms with van der Waals surface area (Å²) in [4.78, 5) is 8.22. The van der Waals surface area contributed by atoms with Crippen molar-refractivity contribution in [3.63, 3.8) is 0 Å². The van der Waals surface area contributed by atoms with Crippen LogP contribution in [0.25, 0.3) is 0 Å². The van der Waals surface area contributed by atoms with E-state index in [9.17, 15) is 0 Å². The van der Waals surface area contributed by atoms with E-state index in [0.29, 0.717) is 6.54 Å². The minimum absolute atomic E-state index is 0.101. The Kier molecular flexibility index (Phi) is 3.98. The molecule has 0 saturated carbocycles. The SMILES string of the molecule is Cc1ncc([C@@H](CN)OC(C)C)cn1. The Morgan fingerprint density at radius 3 is 2.36 bits per heavy atom. The zero-order chi connectivity index (χ0) is 10.6. The third kappa shape index (κ3) is 3.05. The van der Waals surface area contributed by atoms with Gasteiger partial charge >= 0.3 is 0 Å². The van der Waals surface area contributed by atoms with Crippen molar-refractivity contribution in [3.8, 4) is 0 Å². The lowest BCUT2D eigenvalue weighted by Crippen LogP contribution is -2.19. The maximum absolute atomic E-state index is 5.62. The van der Waals surface area contributed by atoms with Crippen LogP contribution in [0.15, 0.2) is 12.4 Å². The lowest BCUT2D eigenvalue weighted by molar-refractivity contribution is 0.0116. The number of hydrogen-bond donors (Lipinski definition) is 1. The molecule has 1 aromatic rings. The van der Waals surface area contributed by atoms with Gasteiger partial charge in [-0.2, -0.15) is 0 Å². The molecule has 14 heavy (non-hydrogen) atoms. The molecule has 0 saturated heterocycles. The van der Waals surface area contributed by atoms with Gasteiger partial charge in [-0.1, -0.05) is 0 Å². The van der Waals surface area contributed by atoms with Crippen LogP contribution in [-0.4, -0.2) is 22.6 Å². The van der Waals surface area contributed by atoms with Gasteiger partial charge in [0, 0.05) is 24.5 Å². The van der Waals surface area contributed by atoms with Gasteiger partial charge < -0.3 is 10.5 Å². The van der Waals surface area contributed by atoms with Gasteiger partial charge in [-0.3, -0.25) is 0 Å². The maximum Gasteiger partial charge on any atom is 0.125 e. The van der Waals surface area contributed by atoms with E-state index >= 15 is 0 Å². The second-order valence-corrected chi connectivity index (χ2v) is 3.47. The fourth-order valence-corrected chi connectivity index (χ4v) is 1.17. The van der Waals surface area contributed by atoms with Gasteiger partial charge in [-0.05, 0) is 20.8 Å². The number of nitrogens with two attached hydrogens (primary N) is 1. The Morgan fingerprint density at radius 1 is 1.36 bits per heavy atom. The normalized spacial score (nSPS) is 13.2. The van der Waals surface area contributed by atoms with E-state index in [1.165, 1.54) is 0 Å². The van der Waals surface area contributed by atoms with Crippen LogP contribution in [0.3, 0.4) is 0 Å². The summed E-state index contributed by atoms with van der Waals surface area (Å²) in [5.74, 6) is 0.758. The van der Waals surface area contributed by atoms with Crippen LogP contribution in [0, 0.1) is 6.92 Å². The molecule has 4 nitrogen and oxygen atoms in total. The minimum Gasteiger partial charge on any atom is -0.369 e. The van der Waals surface area contributed by atoms with Crippen molar-refractivity contribution in [2.24, 2.45) is 5.73 Å². The van der Waals surface area contributed by atoms with Gasteiger partial charge in [0.1, 0.15) is 5.82 Å². The third-order valence-electron chi connectivity index (χ3n) is 1.82. The first-order valence-corrected chi connectivity index (χ1v) is 4.77. The first-order chi connectivity index (χ1) is 6.63. The van der Waals surface area contributed by atoms with Crippen LogP contribution in [-0.2, 0) is 4.74 Å². The molecule has 4 heteroatoms. The zero-order valence-electron chi connectivity index (χ0n) is 8.90. The molecule has 0 radical (unpaired) electrons. The average molecular weight is 195 g/mol. The number of rotatable bonds is 4. The van der Waals surface area contributed by atoms with Gasteiger partial charge in [0.2, 0.25) is 0 Å². The molecule has 0 aliphatic heterocycles. The lowest BCUT2D eigenvalue weighted by Gasteiger charge is -2.18. The van der Waals surface area contributed by atoms with Crippen LogP contribution in [0.2, 0.25) is 0 Å². The van der Waals surface area contributed by atoms with E-state index < -0.39 is 0 Å². The molecule has 0 bridgehead atoms. The van der Waals surface area contributed by atoms with Gasteiger partial charge in [0.25, 0.3) is 0 Å². The van der Waals surface area contributed by atoms with Crippen molar-refractivity contribution < 1.29 is 4.74 Å². The molecule has 78 valence electrons. The van der Waals surface area contributed by atoms with Crippen LogP contribution >= 0.6 is 0 Å². The molecule has 0 spiro atoms. The van der Waals surface area contributed by atoms with E-state index in [0.717, 1.165) is 11.4 Å². The molecule has 1 atom stereocenters. The fourth-order valence-electron chi connectivity index (χ4n) is 1.17. The molecular weight excluding hydrogens is 178 g/mol. The largest absolute Gasteiger partial charge is 0.369 e. The number of hydrogen-bond acceptors (Lipinski definition) is 4. The summed E-state index contributed by atoms with van der Waals surface area (Å²) in [6.45, 7) is 6.27. The van der Waals surface area contributed by atoms with Crippen LogP contribution in [0.1, 0.15) is 31.3 Å². The summed E-state index contributed by atoms with van der Waals surface area (Å²) < 4.78 is 5.62. The monoisotopic (exact) mass is 195 g/mol. The second-order valence-electron chi connectivity index (χ2n) is 3.47. The van der Waals surface area contributed by atoms with Crippen LogP contribution in [0.4, 0.5) is 0 Å². The Bertz CT molecular complexity index is 271. The molecule has 0 fully saturated rings. The summed E-state index contributed by atoms with van der Waals surface area (Å²) in [6, 6.07) is 0. The molecule has 1 aromatic heterocycles. The highest BCUT2D eigenvalue weighted by molar-refractivity contribution is 5.09. The number of aromatic nitrogens is 2. The fraction of sp³-hybridized carbons (Fsp3) is 0.600. The maximum atomic E-state index is 5.62. The van der Waals surface area contributed by atoms with Crippen molar-refractivity contribution >= 4 is 0 Å². The summed E-state index contributed by atoms with van der Waals surface area (Å²) in [7, 11) is 0. The molecule has 2 N–H and O–H groups in total. The number of ether oxygens (including phenoxy) is 1. The Morgan fingerprint density at radius 2 is 1.93 bits per heavy atom. The van der Waals surface area contributed by atoms with Gasteiger partial charge in [-0.25, -0.2) is 9.97 Å². The van der Waals surface area contributed by atoms with E-state index in [4.69, 9.17) is 10.5 Å². The quantitative estimate of drug-likeness (QED) is 0.784. The predicted molar refractivity (Wildman–Crippen MR) is 54.8 cm³/mol. The van der Waals surface area contributed by atoms with Crippen LogP contribution in [0.5, 0.6) is 0 Å². The van der Waals surface area contributed by atoms with Crippen molar-refractivity contribution in [1.82, 2.24) is 9.97 Å². The predicted octanol–water partition coefficient (Wildman–Crippen LogP) is 1.21. The highest BCUT2D eigenvalue weighted by atomic mass is 16.5. The highest BCUT2D eigenvalue weighted by Gasteiger charge is 2.12. The van der Waals surface area contributed by atoms with Gasteiger partial charge in [0.15, 0.2) is 0 Å². The molecule has 0 unspecified atom stereocenters. The molecular formula is C10H17N3O. The Labute approximate surface area is 84.5 Å². The molecule has 0 aromatic carbocycles. The summed E-state index contributed by atoms with van der Waals surface area (Å²) >= 11 is 0. The third-order valence-corrected chi connectivity index (χ3v) is 1.82. The average Bonchev–Trinajstić information content (AvgIpc) is 2.15. The minimum atomic E-state index is -0.101. The molecule has 0 aliphatic rings. The van der Waals surface area contributed by atoms with Gasteiger partial charge in [0.05, 0.1) is 12.2 Å². The first-order valence-electron chi connectivity index (χ1n) is 4.77. The summed E-state index contributed by atoms with van der Waals surface area (Å²) in [6.07, 6.45) is 3.59. The molecule has 0 aliphatic carbocycles. The first kappa shape index (κ1) is 11.1. The smallest absolute Gasteiger partial charge is 0.125 e. The second kappa shape index (κ2) is 5.02. The zero-order valence-corrected chi connectivity index (χ0v) is 8.90. The number of aryl methyl sites for hydroxylation is 1. The van der Waals surface area contributed by atoms with E-state index in [-0.39, 0.29) is 12.2 Å². The van der Waals surface area contributed by atoms with Gasteiger partial charge in [-0.15, -0.1) is 0 Å². The molecule has 1 heterocycles. The van der Waals surface area contributed by atoms with E-state index in [1.807, 2.05) is 20.8 Å².